The van der Waals surface area contributed by atoms with Gasteiger partial charge in [0.1, 0.15) is 0 Å². The summed E-state index contributed by atoms with van der Waals surface area (Å²) in [4.78, 5) is 11.1. The third kappa shape index (κ3) is 2.29. The molecule has 1 heterocycles. The van der Waals surface area contributed by atoms with Gasteiger partial charge in [0, 0.05) is 12.7 Å². The van der Waals surface area contributed by atoms with Crippen molar-refractivity contribution in [3.8, 4) is 0 Å². The zero-order valence-electron chi connectivity index (χ0n) is 8.00. The number of hydrogen-bond acceptors (Lipinski definition) is 2. The summed E-state index contributed by atoms with van der Waals surface area (Å²) < 4.78 is 0. The summed E-state index contributed by atoms with van der Waals surface area (Å²) in [6.45, 7) is 9.11. The van der Waals surface area contributed by atoms with Crippen molar-refractivity contribution in [3.63, 3.8) is 0 Å². The summed E-state index contributed by atoms with van der Waals surface area (Å²) in [5, 5.41) is 9.76. The molecule has 0 spiro atoms. The lowest BCUT2D eigenvalue weighted by molar-refractivity contribution is -0.116. The van der Waals surface area contributed by atoms with Gasteiger partial charge in [-0.1, -0.05) is 25.3 Å². The van der Waals surface area contributed by atoms with E-state index in [-0.39, 0.29) is 11.9 Å². The number of rotatable bonds is 2. The predicted molar refractivity (Wildman–Crippen MR) is 53.2 cm³/mol. The smallest absolute Gasteiger partial charge is 0.252 e. The third-order valence-corrected chi connectivity index (χ3v) is 1.79. The minimum atomic E-state index is -0.0533. The first kappa shape index (κ1) is 11.6. The largest absolute Gasteiger partial charge is 0.400 e. The van der Waals surface area contributed by atoms with Crippen LogP contribution < -0.4 is 5.32 Å². The van der Waals surface area contributed by atoms with E-state index in [0.717, 1.165) is 12.7 Å². The highest BCUT2D eigenvalue weighted by Crippen LogP contribution is 2.18. The number of aliphatic hydroxyl groups excluding tert-OH is 1. The van der Waals surface area contributed by atoms with Crippen LogP contribution in [0.15, 0.2) is 36.5 Å². The number of amides is 1. The Labute approximate surface area is 78.5 Å². The summed E-state index contributed by atoms with van der Waals surface area (Å²) in [6, 6.07) is 0.0769. The fourth-order valence-electron chi connectivity index (χ4n) is 1.21. The Hall–Kier alpha value is -1.35. The maximum Gasteiger partial charge on any atom is 0.252 e. The second-order valence-electron chi connectivity index (χ2n) is 2.47. The zero-order chi connectivity index (χ0) is 10.4. The zero-order valence-corrected chi connectivity index (χ0v) is 8.00. The number of aliphatic hydroxyl groups is 1. The van der Waals surface area contributed by atoms with Crippen molar-refractivity contribution in [2.45, 2.75) is 13.0 Å². The fraction of sp³-hybridized carbons (Fsp3) is 0.300. The Kier molecular flexibility index (Phi) is 4.77. The van der Waals surface area contributed by atoms with Gasteiger partial charge in [-0.3, -0.25) is 4.79 Å². The van der Waals surface area contributed by atoms with Crippen molar-refractivity contribution < 1.29 is 9.90 Å². The molecule has 0 aromatic rings. The topological polar surface area (TPSA) is 49.3 Å². The van der Waals surface area contributed by atoms with Gasteiger partial charge in [0.2, 0.25) is 0 Å². The fourth-order valence-corrected chi connectivity index (χ4v) is 1.21. The molecule has 1 atom stereocenters. The van der Waals surface area contributed by atoms with Crippen LogP contribution in [0.5, 0.6) is 0 Å². The van der Waals surface area contributed by atoms with Crippen LogP contribution in [0.1, 0.15) is 6.92 Å². The molecule has 0 saturated heterocycles. The first-order chi connectivity index (χ1) is 6.20. The highest BCUT2D eigenvalue weighted by atomic mass is 16.2. The van der Waals surface area contributed by atoms with E-state index in [1.54, 1.807) is 12.2 Å². The molecule has 2 N–H and O–H groups in total. The van der Waals surface area contributed by atoms with Crippen LogP contribution in [-0.4, -0.2) is 24.2 Å². The van der Waals surface area contributed by atoms with E-state index in [0.29, 0.717) is 5.57 Å². The Morgan fingerprint density at radius 1 is 1.38 bits per heavy atom. The molecule has 0 aliphatic carbocycles. The average Bonchev–Trinajstić information content (AvgIpc) is 2.43. The Morgan fingerprint density at radius 3 is 2.23 bits per heavy atom. The van der Waals surface area contributed by atoms with Gasteiger partial charge in [0.15, 0.2) is 0 Å². The molecule has 1 unspecified atom stereocenters. The second kappa shape index (κ2) is 5.32. The molecule has 0 fully saturated rings. The van der Waals surface area contributed by atoms with Crippen LogP contribution in [-0.2, 0) is 4.79 Å². The normalized spacial score (nSPS) is 20.2. The van der Waals surface area contributed by atoms with Crippen molar-refractivity contribution in [1.82, 2.24) is 5.32 Å². The van der Waals surface area contributed by atoms with Crippen LogP contribution in [0, 0.1) is 0 Å². The molecule has 0 aromatic heterocycles. The molecular weight excluding hydrogens is 166 g/mol. The first-order valence-corrected chi connectivity index (χ1v) is 3.95. The minimum Gasteiger partial charge on any atom is -0.400 e. The lowest BCUT2D eigenvalue weighted by Gasteiger charge is -2.02. The van der Waals surface area contributed by atoms with Crippen molar-refractivity contribution in [2.24, 2.45) is 0 Å². The molecule has 0 saturated carbocycles. The molecule has 0 aromatic carbocycles. The van der Waals surface area contributed by atoms with E-state index in [2.05, 4.69) is 18.5 Å². The highest BCUT2D eigenvalue weighted by molar-refractivity contribution is 6.00. The van der Waals surface area contributed by atoms with E-state index in [4.69, 9.17) is 5.11 Å². The van der Waals surface area contributed by atoms with Crippen molar-refractivity contribution in [3.05, 3.63) is 36.5 Å². The van der Waals surface area contributed by atoms with E-state index in [1.165, 1.54) is 0 Å². The van der Waals surface area contributed by atoms with Crippen molar-refractivity contribution in [2.75, 3.05) is 7.11 Å². The van der Waals surface area contributed by atoms with Gasteiger partial charge in [-0.05, 0) is 12.5 Å². The van der Waals surface area contributed by atoms with Crippen LogP contribution in [0.2, 0.25) is 0 Å². The SMILES string of the molecule is C=CC1=C(C=C)C(C)NC1=O.CO. The molecular formula is C10H15NO2. The predicted octanol–water partition coefficient (Wildman–Crippen LogP) is 0.782. The van der Waals surface area contributed by atoms with Gasteiger partial charge >= 0.3 is 0 Å². The molecule has 0 bridgehead atoms. The summed E-state index contributed by atoms with van der Waals surface area (Å²) in [6.07, 6.45) is 3.26. The summed E-state index contributed by atoms with van der Waals surface area (Å²) in [5.41, 5.74) is 1.58. The molecule has 1 rings (SSSR count). The van der Waals surface area contributed by atoms with Gasteiger partial charge in [-0.2, -0.15) is 0 Å². The van der Waals surface area contributed by atoms with E-state index in [9.17, 15) is 4.79 Å². The Morgan fingerprint density at radius 2 is 1.92 bits per heavy atom. The average molecular weight is 181 g/mol. The molecule has 1 aliphatic rings. The van der Waals surface area contributed by atoms with Crippen molar-refractivity contribution >= 4 is 5.91 Å². The third-order valence-electron chi connectivity index (χ3n) is 1.79. The lowest BCUT2D eigenvalue weighted by atomic mass is 10.1. The monoisotopic (exact) mass is 181 g/mol. The first-order valence-electron chi connectivity index (χ1n) is 3.95. The van der Waals surface area contributed by atoms with Crippen LogP contribution in [0.25, 0.3) is 0 Å². The number of carbonyl (C=O) groups excluding carboxylic acids is 1. The summed E-state index contributed by atoms with van der Waals surface area (Å²) in [5.74, 6) is -0.0533. The van der Waals surface area contributed by atoms with Crippen molar-refractivity contribution in [1.29, 1.82) is 0 Å². The van der Waals surface area contributed by atoms with Crippen LogP contribution in [0.3, 0.4) is 0 Å². The quantitative estimate of drug-likeness (QED) is 0.661. The second-order valence-corrected chi connectivity index (χ2v) is 2.47. The maximum atomic E-state index is 11.1. The summed E-state index contributed by atoms with van der Waals surface area (Å²) in [7, 11) is 1.00. The Balaban J connectivity index is 0.000000671. The van der Waals surface area contributed by atoms with E-state index >= 15 is 0 Å². The standard InChI is InChI=1S/C9H11NO.CH4O/c1-4-7-6(3)10-9(11)8(7)5-2;1-2/h4-6H,1-2H2,3H3,(H,10,11);2H,1H3. The molecule has 1 amide bonds. The lowest BCUT2D eigenvalue weighted by Crippen LogP contribution is -2.25. The van der Waals surface area contributed by atoms with Crippen LogP contribution in [0.4, 0.5) is 0 Å². The molecule has 3 heteroatoms. The van der Waals surface area contributed by atoms with Gasteiger partial charge in [0.05, 0.1) is 6.04 Å². The van der Waals surface area contributed by atoms with Gasteiger partial charge < -0.3 is 10.4 Å². The highest BCUT2D eigenvalue weighted by Gasteiger charge is 2.23. The number of carbonyl (C=O) groups is 1. The maximum absolute atomic E-state index is 11.1. The van der Waals surface area contributed by atoms with E-state index < -0.39 is 0 Å². The van der Waals surface area contributed by atoms with Gasteiger partial charge in [0.25, 0.3) is 5.91 Å². The minimum absolute atomic E-state index is 0.0533. The number of nitrogens with one attached hydrogen (secondary N) is 1. The molecule has 3 nitrogen and oxygen atoms in total. The molecule has 0 radical (unpaired) electrons. The van der Waals surface area contributed by atoms with Crippen LogP contribution >= 0.6 is 0 Å². The molecule has 1 aliphatic heterocycles. The molecule has 13 heavy (non-hydrogen) atoms. The number of hydrogen-bond donors (Lipinski definition) is 2. The van der Waals surface area contributed by atoms with Gasteiger partial charge in [-0.25, -0.2) is 0 Å². The summed E-state index contributed by atoms with van der Waals surface area (Å²) >= 11 is 0. The molecule has 72 valence electrons. The van der Waals surface area contributed by atoms with Gasteiger partial charge in [-0.15, -0.1) is 0 Å². The van der Waals surface area contributed by atoms with E-state index in [1.807, 2.05) is 6.92 Å². The Bertz CT molecular complexity index is 254.